The van der Waals surface area contributed by atoms with E-state index in [9.17, 15) is 0 Å². The minimum atomic E-state index is -0.147. The monoisotopic (exact) mass is 244 g/mol. The molecule has 0 unspecified atom stereocenters. The van der Waals surface area contributed by atoms with E-state index in [0.717, 1.165) is 19.4 Å². The van der Waals surface area contributed by atoms with E-state index in [1.54, 1.807) is 0 Å². The maximum Gasteiger partial charge on any atom is 0.0977 e. The highest BCUT2D eigenvalue weighted by molar-refractivity contribution is 4.62. The molecule has 0 aromatic heterocycles. The molecule has 104 valence electrons. The summed E-state index contributed by atoms with van der Waals surface area (Å²) in [6.07, 6.45) is 7.25. The summed E-state index contributed by atoms with van der Waals surface area (Å²) in [5, 5.41) is 0. The second-order valence-electron chi connectivity index (χ2n) is 6.74. The Balaban J connectivity index is 3.25. The highest BCUT2D eigenvalue weighted by atomic mass is 17.2. The van der Waals surface area contributed by atoms with E-state index >= 15 is 0 Å². The van der Waals surface area contributed by atoms with Crippen LogP contribution in [-0.2, 0) is 9.78 Å². The molecular weight excluding hydrogens is 212 g/mol. The summed E-state index contributed by atoms with van der Waals surface area (Å²) in [6, 6.07) is 0. The van der Waals surface area contributed by atoms with Crippen molar-refractivity contribution in [2.45, 2.75) is 85.7 Å². The minimum absolute atomic E-state index is 0.147. The predicted molar refractivity (Wildman–Crippen MR) is 73.9 cm³/mol. The van der Waals surface area contributed by atoms with Crippen LogP contribution >= 0.6 is 0 Å². The van der Waals surface area contributed by atoms with Gasteiger partial charge in [0.05, 0.1) is 12.2 Å². The lowest BCUT2D eigenvalue weighted by Crippen LogP contribution is -2.23. The molecule has 0 aliphatic heterocycles. The molecule has 0 aliphatic carbocycles. The van der Waals surface area contributed by atoms with Gasteiger partial charge in [-0.25, -0.2) is 9.78 Å². The van der Waals surface area contributed by atoms with Crippen molar-refractivity contribution in [1.82, 2.24) is 0 Å². The van der Waals surface area contributed by atoms with Crippen LogP contribution in [0.3, 0.4) is 0 Å². The summed E-state index contributed by atoms with van der Waals surface area (Å²) in [5.41, 5.74) is 0.330. The fraction of sp³-hybridized carbons (Fsp3) is 1.00. The van der Waals surface area contributed by atoms with Crippen LogP contribution in [-0.4, -0.2) is 12.2 Å². The fourth-order valence-electron chi connectivity index (χ4n) is 1.43. The van der Waals surface area contributed by atoms with Crippen molar-refractivity contribution in [1.29, 1.82) is 0 Å². The SMILES string of the molecule is CCC(C)(C)OOCCCCCCC(C)(C)C. The Kier molecular flexibility index (Phi) is 8.06. The Bertz CT molecular complexity index is 180. The van der Waals surface area contributed by atoms with Crippen LogP contribution in [0, 0.1) is 5.41 Å². The topological polar surface area (TPSA) is 18.5 Å². The molecule has 0 atom stereocenters. The van der Waals surface area contributed by atoms with Crippen LogP contribution in [0.2, 0.25) is 0 Å². The van der Waals surface area contributed by atoms with E-state index in [-0.39, 0.29) is 5.60 Å². The molecule has 0 aliphatic rings. The molecular formula is C15H32O2. The van der Waals surface area contributed by atoms with Crippen LogP contribution < -0.4 is 0 Å². The Morgan fingerprint density at radius 2 is 1.41 bits per heavy atom. The van der Waals surface area contributed by atoms with Crippen molar-refractivity contribution in [2.24, 2.45) is 5.41 Å². The lowest BCUT2D eigenvalue weighted by molar-refractivity contribution is -0.353. The van der Waals surface area contributed by atoms with Gasteiger partial charge in [-0.05, 0) is 38.5 Å². The molecule has 0 aromatic carbocycles. The summed E-state index contributed by atoms with van der Waals surface area (Å²) in [5.74, 6) is 0. The third-order valence-electron chi connectivity index (χ3n) is 3.04. The maximum absolute atomic E-state index is 5.34. The van der Waals surface area contributed by atoms with Crippen molar-refractivity contribution in [3.05, 3.63) is 0 Å². The van der Waals surface area contributed by atoms with Crippen LogP contribution in [0.25, 0.3) is 0 Å². The predicted octanol–water partition coefficient (Wildman–Crippen LogP) is 5.12. The number of unbranched alkanes of at least 4 members (excludes halogenated alkanes) is 3. The molecule has 17 heavy (non-hydrogen) atoms. The third-order valence-corrected chi connectivity index (χ3v) is 3.04. The molecule has 0 heterocycles. The van der Waals surface area contributed by atoms with Crippen LogP contribution in [0.15, 0.2) is 0 Å². The maximum atomic E-state index is 5.34. The second kappa shape index (κ2) is 8.10. The first-order chi connectivity index (χ1) is 7.77. The Morgan fingerprint density at radius 3 is 1.94 bits per heavy atom. The van der Waals surface area contributed by atoms with E-state index in [1.807, 2.05) is 0 Å². The molecule has 0 spiro atoms. The first-order valence-corrected chi connectivity index (χ1v) is 7.07. The van der Waals surface area contributed by atoms with Gasteiger partial charge >= 0.3 is 0 Å². The normalized spacial score (nSPS) is 13.1. The number of rotatable bonds is 9. The standard InChI is InChI=1S/C15H32O2/c1-7-15(5,6)17-16-13-11-9-8-10-12-14(2,3)4/h7-13H2,1-6H3. The largest absolute Gasteiger partial charge is 0.236 e. The molecule has 0 aromatic rings. The summed E-state index contributed by atoms with van der Waals surface area (Å²) in [4.78, 5) is 10.6. The van der Waals surface area contributed by atoms with E-state index in [0.29, 0.717) is 5.41 Å². The van der Waals surface area contributed by atoms with Crippen molar-refractivity contribution < 1.29 is 9.78 Å². The van der Waals surface area contributed by atoms with Crippen LogP contribution in [0.1, 0.15) is 80.1 Å². The van der Waals surface area contributed by atoms with Gasteiger partial charge in [-0.3, -0.25) is 0 Å². The molecule has 0 fully saturated rings. The Labute approximate surface area is 108 Å². The molecule has 0 rings (SSSR count). The van der Waals surface area contributed by atoms with Gasteiger partial charge in [0.25, 0.3) is 0 Å². The van der Waals surface area contributed by atoms with Gasteiger partial charge < -0.3 is 0 Å². The zero-order chi connectivity index (χ0) is 13.4. The highest BCUT2D eigenvalue weighted by Crippen LogP contribution is 2.22. The molecule has 2 nitrogen and oxygen atoms in total. The fourth-order valence-corrected chi connectivity index (χ4v) is 1.43. The first-order valence-electron chi connectivity index (χ1n) is 7.07. The second-order valence-corrected chi connectivity index (χ2v) is 6.74. The zero-order valence-corrected chi connectivity index (χ0v) is 12.8. The minimum Gasteiger partial charge on any atom is -0.236 e. The lowest BCUT2D eigenvalue weighted by Gasteiger charge is -2.21. The zero-order valence-electron chi connectivity index (χ0n) is 12.8. The first kappa shape index (κ1) is 16.9. The van der Waals surface area contributed by atoms with Crippen LogP contribution in [0.4, 0.5) is 0 Å². The number of hydrogen-bond donors (Lipinski definition) is 0. The van der Waals surface area contributed by atoms with Gasteiger partial charge in [-0.2, -0.15) is 0 Å². The van der Waals surface area contributed by atoms with Crippen molar-refractivity contribution in [2.75, 3.05) is 6.61 Å². The molecule has 0 saturated carbocycles. The quantitative estimate of drug-likeness (QED) is 0.318. The van der Waals surface area contributed by atoms with E-state index in [1.165, 1.54) is 25.7 Å². The van der Waals surface area contributed by atoms with Gasteiger partial charge in [0.2, 0.25) is 0 Å². The van der Waals surface area contributed by atoms with Crippen molar-refractivity contribution >= 4 is 0 Å². The lowest BCUT2D eigenvalue weighted by atomic mass is 9.89. The summed E-state index contributed by atoms with van der Waals surface area (Å²) < 4.78 is 0. The Morgan fingerprint density at radius 1 is 0.824 bits per heavy atom. The van der Waals surface area contributed by atoms with Gasteiger partial charge in [-0.15, -0.1) is 0 Å². The average molecular weight is 244 g/mol. The van der Waals surface area contributed by atoms with Crippen LogP contribution in [0.5, 0.6) is 0 Å². The molecule has 0 bridgehead atoms. The van der Waals surface area contributed by atoms with Gasteiger partial charge in [0.15, 0.2) is 0 Å². The third kappa shape index (κ3) is 12.2. The number of hydrogen-bond acceptors (Lipinski definition) is 2. The molecule has 0 saturated heterocycles. The average Bonchev–Trinajstić information content (AvgIpc) is 2.20. The molecule has 0 amide bonds. The van der Waals surface area contributed by atoms with E-state index in [4.69, 9.17) is 9.78 Å². The smallest absolute Gasteiger partial charge is 0.0977 e. The van der Waals surface area contributed by atoms with Gasteiger partial charge in [0.1, 0.15) is 0 Å². The molecule has 2 heteroatoms. The van der Waals surface area contributed by atoms with Gasteiger partial charge in [0, 0.05) is 0 Å². The molecule has 0 N–H and O–H groups in total. The van der Waals surface area contributed by atoms with Crippen molar-refractivity contribution in [3.63, 3.8) is 0 Å². The highest BCUT2D eigenvalue weighted by Gasteiger charge is 2.16. The molecule has 0 radical (unpaired) electrons. The van der Waals surface area contributed by atoms with E-state index < -0.39 is 0 Å². The van der Waals surface area contributed by atoms with Crippen molar-refractivity contribution in [3.8, 4) is 0 Å². The Hall–Kier alpha value is -0.0800. The summed E-state index contributed by atoms with van der Waals surface area (Å²) >= 11 is 0. The summed E-state index contributed by atoms with van der Waals surface area (Å²) in [7, 11) is 0. The van der Waals surface area contributed by atoms with Gasteiger partial charge in [-0.1, -0.05) is 47.0 Å². The summed E-state index contributed by atoms with van der Waals surface area (Å²) in [6.45, 7) is 13.8. The van der Waals surface area contributed by atoms with E-state index in [2.05, 4.69) is 41.5 Å².